The number of hydrogen-bond acceptors (Lipinski definition) is 4. The Hall–Kier alpha value is -3.51. The first-order valence-corrected chi connectivity index (χ1v) is 10.4. The molecule has 4 aromatic rings. The Bertz CT molecular complexity index is 1210. The summed E-state index contributed by atoms with van der Waals surface area (Å²) in [7, 11) is 0. The Balaban J connectivity index is 1.27. The summed E-state index contributed by atoms with van der Waals surface area (Å²) in [6.07, 6.45) is 0. The maximum absolute atomic E-state index is 13.9. The molecule has 1 aliphatic rings. The number of aromatic nitrogens is 1. The molecule has 0 spiro atoms. The number of oxazole rings is 1. The van der Waals surface area contributed by atoms with Gasteiger partial charge in [-0.1, -0.05) is 36.4 Å². The van der Waals surface area contributed by atoms with Crippen LogP contribution in [0.15, 0.2) is 77.2 Å². The predicted molar refractivity (Wildman–Crippen MR) is 117 cm³/mol. The molecular weight excluding hydrogens is 393 g/mol. The van der Waals surface area contributed by atoms with Gasteiger partial charge in [-0.15, -0.1) is 0 Å². The molecule has 1 amide bonds. The average molecular weight is 415 g/mol. The van der Waals surface area contributed by atoms with E-state index < -0.39 is 0 Å². The third kappa shape index (κ3) is 4.07. The molecule has 6 heteroatoms. The summed E-state index contributed by atoms with van der Waals surface area (Å²) < 4.78 is 19.7. The average Bonchev–Trinajstić information content (AvgIpc) is 3.25. The second-order valence-corrected chi connectivity index (χ2v) is 7.73. The van der Waals surface area contributed by atoms with Crippen molar-refractivity contribution >= 4 is 17.0 Å². The van der Waals surface area contributed by atoms with Crippen LogP contribution in [0.25, 0.3) is 22.6 Å². The van der Waals surface area contributed by atoms with Crippen LogP contribution in [0.1, 0.15) is 15.9 Å². The van der Waals surface area contributed by atoms with Crippen LogP contribution in [0.4, 0.5) is 4.39 Å². The van der Waals surface area contributed by atoms with Crippen LogP contribution in [0.2, 0.25) is 0 Å². The number of rotatable bonds is 4. The Morgan fingerprint density at radius 1 is 0.935 bits per heavy atom. The molecule has 0 bridgehead atoms. The van der Waals surface area contributed by atoms with Crippen molar-refractivity contribution < 1.29 is 13.6 Å². The highest BCUT2D eigenvalue weighted by Gasteiger charge is 2.23. The van der Waals surface area contributed by atoms with Crippen molar-refractivity contribution in [1.82, 2.24) is 14.8 Å². The summed E-state index contributed by atoms with van der Waals surface area (Å²) >= 11 is 0. The van der Waals surface area contributed by atoms with Gasteiger partial charge in [0.05, 0.1) is 0 Å². The van der Waals surface area contributed by atoms with Crippen molar-refractivity contribution in [2.24, 2.45) is 0 Å². The van der Waals surface area contributed by atoms with Crippen LogP contribution >= 0.6 is 0 Å². The summed E-state index contributed by atoms with van der Waals surface area (Å²) in [4.78, 5) is 21.6. The van der Waals surface area contributed by atoms with Crippen molar-refractivity contribution in [2.75, 3.05) is 26.2 Å². The van der Waals surface area contributed by atoms with Crippen LogP contribution in [0, 0.1) is 5.82 Å². The molecule has 0 radical (unpaired) electrons. The number of halogens is 1. The molecule has 1 aliphatic heterocycles. The monoisotopic (exact) mass is 415 g/mol. The lowest BCUT2D eigenvalue weighted by Gasteiger charge is -2.34. The fraction of sp³-hybridized carbons (Fsp3) is 0.200. The molecule has 0 aliphatic carbocycles. The van der Waals surface area contributed by atoms with E-state index in [0.29, 0.717) is 60.8 Å². The lowest BCUT2D eigenvalue weighted by molar-refractivity contribution is 0.0627. The summed E-state index contributed by atoms with van der Waals surface area (Å²) in [5.74, 6) is 0.343. The summed E-state index contributed by atoms with van der Waals surface area (Å²) in [6, 6.07) is 21.9. The van der Waals surface area contributed by atoms with E-state index in [9.17, 15) is 9.18 Å². The van der Waals surface area contributed by atoms with Gasteiger partial charge >= 0.3 is 0 Å². The van der Waals surface area contributed by atoms with Gasteiger partial charge in [-0.2, -0.15) is 0 Å². The second-order valence-electron chi connectivity index (χ2n) is 7.73. The van der Waals surface area contributed by atoms with Crippen molar-refractivity contribution in [3.63, 3.8) is 0 Å². The molecule has 0 atom stereocenters. The third-order valence-corrected chi connectivity index (χ3v) is 5.67. The maximum Gasteiger partial charge on any atom is 0.254 e. The Kier molecular flexibility index (Phi) is 5.22. The molecule has 31 heavy (non-hydrogen) atoms. The number of carbonyl (C=O) groups is 1. The molecule has 0 saturated carbocycles. The molecule has 5 rings (SSSR count). The smallest absolute Gasteiger partial charge is 0.254 e. The van der Waals surface area contributed by atoms with Gasteiger partial charge in [0, 0.05) is 49.4 Å². The molecular formula is C25H22FN3O2. The molecule has 156 valence electrons. The van der Waals surface area contributed by atoms with Gasteiger partial charge in [0.1, 0.15) is 11.3 Å². The van der Waals surface area contributed by atoms with Crippen molar-refractivity contribution in [2.45, 2.75) is 6.54 Å². The first-order valence-electron chi connectivity index (χ1n) is 10.4. The zero-order valence-corrected chi connectivity index (χ0v) is 17.0. The lowest BCUT2D eigenvalue weighted by atomic mass is 10.1. The molecule has 1 saturated heterocycles. The minimum absolute atomic E-state index is 0.0169. The van der Waals surface area contributed by atoms with Crippen LogP contribution in [0.5, 0.6) is 0 Å². The van der Waals surface area contributed by atoms with Gasteiger partial charge < -0.3 is 9.32 Å². The molecule has 0 N–H and O–H groups in total. The number of benzene rings is 3. The number of hydrogen-bond donors (Lipinski definition) is 0. The SMILES string of the molecule is O=C(c1ccc2oc(-c3ccccc3)nc2c1)N1CCN(Cc2ccccc2F)CC1. The molecule has 1 aromatic heterocycles. The van der Waals surface area contributed by atoms with Gasteiger partial charge in [0.15, 0.2) is 5.58 Å². The molecule has 0 unspecified atom stereocenters. The topological polar surface area (TPSA) is 49.6 Å². The van der Waals surface area contributed by atoms with Gasteiger partial charge in [-0.05, 0) is 36.4 Å². The highest BCUT2D eigenvalue weighted by molar-refractivity contribution is 5.97. The highest BCUT2D eigenvalue weighted by Crippen LogP contribution is 2.25. The van der Waals surface area contributed by atoms with E-state index in [-0.39, 0.29) is 11.7 Å². The van der Waals surface area contributed by atoms with Crippen LogP contribution < -0.4 is 0 Å². The predicted octanol–water partition coefficient (Wildman–Crippen LogP) is 4.59. The largest absolute Gasteiger partial charge is 0.436 e. The van der Waals surface area contributed by atoms with Crippen molar-refractivity contribution in [3.05, 3.63) is 89.7 Å². The van der Waals surface area contributed by atoms with E-state index in [2.05, 4.69) is 9.88 Å². The number of piperazine rings is 1. The zero-order valence-electron chi connectivity index (χ0n) is 17.0. The summed E-state index contributed by atoms with van der Waals surface area (Å²) in [5.41, 5.74) is 3.52. The molecule has 3 aromatic carbocycles. The minimum atomic E-state index is -0.184. The summed E-state index contributed by atoms with van der Waals surface area (Å²) in [6.45, 7) is 3.20. The fourth-order valence-corrected chi connectivity index (χ4v) is 3.92. The number of fused-ring (bicyclic) bond motifs is 1. The first kappa shape index (κ1) is 19.5. The van der Waals surface area contributed by atoms with Crippen LogP contribution in [-0.2, 0) is 6.54 Å². The van der Waals surface area contributed by atoms with E-state index in [1.807, 2.05) is 47.4 Å². The molecule has 5 nitrogen and oxygen atoms in total. The Labute approximate surface area is 179 Å². The third-order valence-electron chi connectivity index (χ3n) is 5.67. The summed E-state index contributed by atoms with van der Waals surface area (Å²) in [5, 5.41) is 0. The van der Waals surface area contributed by atoms with E-state index in [0.717, 1.165) is 5.56 Å². The maximum atomic E-state index is 13.9. The van der Waals surface area contributed by atoms with E-state index in [1.165, 1.54) is 6.07 Å². The Morgan fingerprint density at radius 2 is 1.68 bits per heavy atom. The molecule has 1 fully saturated rings. The minimum Gasteiger partial charge on any atom is -0.436 e. The van der Waals surface area contributed by atoms with Gasteiger partial charge in [0.25, 0.3) is 5.91 Å². The Morgan fingerprint density at radius 3 is 2.45 bits per heavy atom. The standard InChI is InChI=1S/C25H22FN3O2/c26-21-9-5-4-8-20(21)17-28-12-14-29(15-13-28)25(30)19-10-11-23-22(16-19)27-24(31-23)18-6-2-1-3-7-18/h1-11,16H,12-15,17H2. The van der Waals surface area contributed by atoms with Crippen LogP contribution in [0.3, 0.4) is 0 Å². The number of nitrogens with zero attached hydrogens (tertiary/aromatic N) is 3. The second kappa shape index (κ2) is 8.32. The normalized spacial score (nSPS) is 14.8. The fourth-order valence-electron chi connectivity index (χ4n) is 3.92. The zero-order chi connectivity index (χ0) is 21.2. The van der Waals surface area contributed by atoms with Gasteiger partial charge in [-0.25, -0.2) is 9.37 Å². The van der Waals surface area contributed by atoms with Crippen molar-refractivity contribution in [3.8, 4) is 11.5 Å². The van der Waals surface area contributed by atoms with E-state index >= 15 is 0 Å². The first-order chi connectivity index (χ1) is 15.2. The number of carbonyl (C=O) groups excluding carboxylic acids is 1. The van der Waals surface area contributed by atoms with E-state index in [4.69, 9.17) is 4.42 Å². The van der Waals surface area contributed by atoms with Gasteiger partial charge in [-0.3, -0.25) is 9.69 Å². The van der Waals surface area contributed by atoms with Crippen LogP contribution in [-0.4, -0.2) is 46.9 Å². The van der Waals surface area contributed by atoms with Gasteiger partial charge in [0.2, 0.25) is 5.89 Å². The quantitative estimate of drug-likeness (QED) is 0.489. The van der Waals surface area contributed by atoms with E-state index in [1.54, 1.807) is 24.3 Å². The highest BCUT2D eigenvalue weighted by atomic mass is 19.1. The molecule has 2 heterocycles. The lowest BCUT2D eigenvalue weighted by Crippen LogP contribution is -2.48. The van der Waals surface area contributed by atoms with Crippen molar-refractivity contribution in [1.29, 1.82) is 0 Å². The number of amides is 1.